The predicted octanol–water partition coefficient (Wildman–Crippen LogP) is 6.08. The first-order valence-electron chi connectivity index (χ1n) is 13.2. The Morgan fingerprint density at radius 1 is 1.02 bits per heavy atom. The lowest BCUT2D eigenvalue weighted by Gasteiger charge is -2.33. The molecule has 1 N–H and O–H groups in total. The van der Waals surface area contributed by atoms with Gasteiger partial charge in [-0.3, -0.25) is 13.9 Å². The summed E-state index contributed by atoms with van der Waals surface area (Å²) in [4.78, 5) is 28.8. The van der Waals surface area contributed by atoms with E-state index in [0.717, 1.165) is 40.0 Å². The second-order valence-electron chi connectivity index (χ2n) is 10.1. The molecule has 2 amide bonds. The van der Waals surface area contributed by atoms with Gasteiger partial charge in [-0.2, -0.15) is 0 Å². The third-order valence-corrected chi connectivity index (χ3v) is 9.72. The standard InChI is InChI=1S/C30H33BrClN3O4S/c1-21-12-17-25(32)18-28(21)35(40(38,39)27-10-4-3-5-11-27)20-29(36)34(19-23-13-15-24(31)16-14-23)22(2)30(37)33-26-8-6-7-9-26/h3-5,10-18,22,26H,6-9,19-20H2,1-2H3,(H,33,37). The molecule has 0 radical (unpaired) electrons. The first-order valence-corrected chi connectivity index (χ1v) is 15.9. The van der Waals surface area contributed by atoms with Crippen LogP contribution in [0.25, 0.3) is 0 Å². The highest BCUT2D eigenvalue weighted by molar-refractivity contribution is 9.10. The van der Waals surface area contributed by atoms with Gasteiger partial charge in [0.15, 0.2) is 0 Å². The molecule has 0 aliphatic heterocycles. The number of rotatable bonds is 10. The molecule has 1 fully saturated rings. The highest BCUT2D eigenvalue weighted by Crippen LogP contribution is 2.30. The van der Waals surface area contributed by atoms with Gasteiger partial charge in [0.05, 0.1) is 10.6 Å². The number of nitrogens with zero attached hydrogens (tertiary/aromatic N) is 2. The number of carbonyl (C=O) groups is 2. The van der Waals surface area contributed by atoms with Gasteiger partial charge in [-0.05, 0) is 74.2 Å². The number of halogens is 2. The number of benzene rings is 3. The van der Waals surface area contributed by atoms with Crippen LogP contribution >= 0.6 is 27.5 Å². The fourth-order valence-corrected chi connectivity index (χ4v) is 6.77. The van der Waals surface area contributed by atoms with Crippen LogP contribution in [0.5, 0.6) is 0 Å². The van der Waals surface area contributed by atoms with Crippen molar-refractivity contribution in [3.63, 3.8) is 0 Å². The lowest BCUT2D eigenvalue weighted by molar-refractivity contribution is -0.139. The van der Waals surface area contributed by atoms with E-state index < -0.39 is 28.5 Å². The molecule has 0 aromatic heterocycles. The van der Waals surface area contributed by atoms with Crippen molar-refractivity contribution >= 4 is 55.1 Å². The quantitative estimate of drug-likeness (QED) is 0.289. The molecule has 7 nitrogen and oxygen atoms in total. The van der Waals surface area contributed by atoms with E-state index in [1.54, 1.807) is 50.2 Å². The van der Waals surface area contributed by atoms with E-state index in [1.807, 2.05) is 24.3 Å². The van der Waals surface area contributed by atoms with Crippen molar-refractivity contribution in [1.82, 2.24) is 10.2 Å². The molecule has 1 unspecified atom stereocenters. The Morgan fingerprint density at radius 2 is 1.68 bits per heavy atom. The molecule has 1 atom stereocenters. The summed E-state index contributed by atoms with van der Waals surface area (Å²) in [7, 11) is -4.14. The Morgan fingerprint density at radius 3 is 2.33 bits per heavy atom. The van der Waals surface area contributed by atoms with E-state index in [1.165, 1.54) is 17.0 Å². The number of hydrogen-bond acceptors (Lipinski definition) is 4. The van der Waals surface area contributed by atoms with Crippen LogP contribution in [0.2, 0.25) is 5.02 Å². The lowest BCUT2D eigenvalue weighted by atomic mass is 10.1. The van der Waals surface area contributed by atoms with Gasteiger partial charge in [-0.15, -0.1) is 0 Å². The molecule has 0 spiro atoms. The van der Waals surface area contributed by atoms with Crippen LogP contribution in [-0.4, -0.2) is 43.8 Å². The van der Waals surface area contributed by atoms with Crippen molar-refractivity contribution in [2.45, 2.75) is 63.1 Å². The normalized spacial score (nSPS) is 14.5. The molecule has 4 rings (SSSR count). The van der Waals surface area contributed by atoms with Gasteiger partial charge in [-0.1, -0.05) is 76.8 Å². The predicted molar refractivity (Wildman–Crippen MR) is 162 cm³/mol. The number of carbonyl (C=O) groups excluding carboxylic acids is 2. The number of hydrogen-bond donors (Lipinski definition) is 1. The smallest absolute Gasteiger partial charge is 0.264 e. The molecule has 40 heavy (non-hydrogen) atoms. The maximum atomic E-state index is 14.1. The zero-order valence-corrected chi connectivity index (χ0v) is 25.7. The number of anilines is 1. The molecule has 1 aliphatic carbocycles. The van der Waals surface area contributed by atoms with Gasteiger partial charge in [0, 0.05) is 22.1 Å². The third-order valence-electron chi connectivity index (χ3n) is 7.18. The van der Waals surface area contributed by atoms with Crippen LogP contribution in [0.3, 0.4) is 0 Å². The maximum Gasteiger partial charge on any atom is 0.264 e. The second-order valence-corrected chi connectivity index (χ2v) is 13.3. The zero-order valence-electron chi connectivity index (χ0n) is 22.5. The van der Waals surface area contributed by atoms with E-state index in [2.05, 4.69) is 21.2 Å². The molecular weight excluding hydrogens is 614 g/mol. The van der Waals surface area contributed by atoms with Crippen molar-refractivity contribution in [3.05, 3.63) is 93.4 Å². The Bertz CT molecular complexity index is 1450. The van der Waals surface area contributed by atoms with E-state index in [-0.39, 0.29) is 23.4 Å². The molecule has 3 aromatic carbocycles. The van der Waals surface area contributed by atoms with Gasteiger partial charge < -0.3 is 10.2 Å². The molecule has 3 aromatic rings. The first-order chi connectivity index (χ1) is 19.1. The molecule has 10 heteroatoms. The molecule has 1 aliphatic rings. The molecule has 1 saturated carbocycles. The highest BCUT2D eigenvalue weighted by atomic mass is 79.9. The fourth-order valence-electron chi connectivity index (χ4n) is 4.85. The fraction of sp³-hybridized carbons (Fsp3) is 0.333. The van der Waals surface area contributed by atoms with Crippen LogP contribution in [0.1, 0.15) is 43.7 Å². The molecule has 0 heterocycles. The monoisotopic (exact) mass is 645 g/mol. The van der Waals surface area contributed by atoms with Crippen molar-refractivity contribution < 1.29 is 18.0 Å². The van der Waals surface area contributed by atoms with E-state index in [9.17, 15) is 18.0 Å². The summed E-state index contributed by atoms with van der Waals surface area (Å²) < 4.78 is 29.8. The van der Waals surface area contributed by atoms with E-state index in [0.29, 0.717) is 16.3 Å². The van der Waals surface area contributed by atoms with Gasteiger partial charge in [-0.25, -0.2) is 8.42 Å². The van der Waals surface area contributed by atoms with Crippen molar-refractivity contribution in [3.8, 4) is 0 Å². The summed E-state index contributed by atoms with van der Waals surface area (Å²) in [6.07, 6.45) is 3.95. The number of nitrogens with one attached hydrogen (secondary N) is 1. The largest absolute Gasteiger partial charge is 0.352 e. The Hall–Kier alpha value is -2.88. The maximum absolute atomic E-state index is 14.1. The van der Waals surface area contributed by atoms with Gasteiger partial charge in [0.2, 0.25) is 11.8 Å². The van der Waals surface area contributed by atoms with Gasteiger partial charge >= 0.3 is 0 Å². The van der Waals surface area contributed by atoms with Crippen molar-refractivity contribution in [2.24, 2.45) is 0 Å². The van der Waals surface area contributed by atoms with Crippen LogP contribution in [-0.2, 0) is 26.2 Å². The van der Waals surface area contributed by atoms with Crippen LogP contribution in [0.15, 0.2) is 82.2 Å². The topological polar surface area (TPSA) is 86.8 Å². The first kappa shape index (κ1) is 30.1. The molecule has 212 valence electrons. The van der Waals surface area contributed by atoms with Crippen LogP contribution < -0.4 is 9.62 Å². The molecule has 0 saturated heterocycles. The third kappa shape index (κ3) is 7.25. The summed E-state index contributed by atoms with van der Waals surface area (Å²) >= 11 is 9.70. The molecular formula is C30H33BrClN3O4S. The SMILES string of the molecule is Cc1ccc(Cl)cc1N(CC(=O)N(Cc1ccc(Br)cc1)C(C)C(=O)NC1CCCC1)S(=O)(=O)c1ccccc1. The summed E-state index contributed by atoms with van der Waals surface area (Å²) in [5.74, 6) is -0.760. The summed E-state index contributed by atoms with van der Waals surface area (Å²) in [5, 5.41) is 3.42. The van der Waals surface area contributed by atoms with Crippen LogP contribution in [0, 0.1) is 6.92 Å². The molecule has 0 bridgehead atoms. The zero-order chi connectivity index (χ0) is 28.9. The Kier molecular flexibility index (Phi) is 9.92. The summed E-state index contributed by atoms with van der Waals surface area (Å²) in [6, 6.07) is 19.6. The van der Waals surface area contributed by atoms with Crippen LogP contribution in [0.4, 0.5) is 5.69 Å². The van der Waals surface area contributed by atoms with E-state index in [4.69, 9.17) is 11.6 Å². The second kappa shape index (κ2) is 13.2. The highest BCUT2D eigenvalue weighted by Gasteiger charge is 2.34. The lowest BCUT2D eigenvalue weighted by Crippen LogP contribution is -2.52. The minimum absolute atomic E-state index is 0.0497. The number of aryl methyl sites for hydroxylation is 1. The minimum atomic E-state index is -4.14. The van der Waals surface area contributed by atoms with Crippen molar-refractivity contribution in [2.75, 3.05) is 10.8 Å². The van der Waals surface area contributed by atoms with Crippen molar-refractivity contribution in [1.29, 1.82) is 0 Å². The average molecular weight is 647 g/mol. The number of sulfonamides is 1. The van der Waals surface area contributed by atoms with Gasteiger partial charge in [0.1, 0.15) is 12.6 Å². The Balaban J connectivity index is 1.70. The van der Waals surface area contributed by atoms with E-state index >= 15 is 0 Å². The Labute approximate surface area is 249 Å². The average Bonchev–Trinajstić information content (AvgIpc) is 3.45. The minimum Gasteiger partial charge on any atom is -0.352 e. The van der Waals surface area contributed by atoms with Gasteiger partial charge in [0.25, 0.3) is 10.0 Å². The number of amides is 2. The summed E-state index contributed by atoms with van der Waals surface area (Å²) in [6.45, 7) is 3.08. The summed E-state index contributed by atoms with van der Waals surface area (Å²) in [5.41, 5.74) is 1.76.